The summed E-state index contributed by atoms with van der Waals surface area (Å²) >= 11 is 0. The number of nitrogens with two attached hydrogens (primary N) is 1. The molecule has 0 saturated carbocycles. The van der Waals surface area contributed by atoms with Crippen LogP contribution in [0.4, 0.5) is 5.69 Å². The lowest BCUT2D eigenvalue weighted by Gasteiger charge is -2.06. The number of amidine groups is 1. The van der Waals surface area contributed by atoms with E-state index >= 15 is 0 Å². The highest BCUT2D eigenvalue weighted by molar-refractivity contribution is 6.02. The molecule has 2 heteroatoms. The molecule has 0 amide bonds. The van der Waals surface area contributed by atoms with Crippen LogP contribution in [-0.4, -0.2) is 5.84 Å². The Labute approximate surface area is 136 Å². The van der Waals surface area contributed by atoms with E-state index < -0.39 is 0 Å². The number of hydrogen-bond donors (Lipinski definition) is 1. The molecule has 0 spiro atoms. The molecular weight excluding hydrogens is 280 g/mol. The quantitative estimate of drug-likeness (QED) is 0.415. The fraction of sp³-hybridized carbons (Fsp3) is 0. The largest absolute Gasteiger partial charge is 0.383 e. The number of nitrogens with zero attached hydrogens (tertiary/aromatic N) is 1. The number of benzene rings is 3. The first kappa shape index (κ1) is 14.8. The van der Waals surface area contributed by atoms with E-state index in [1.54, 1.807) is 0 Å². The van der Waals surface area contributed by atoms with Crippen molar-refractivity contribution in [1.29, 1.82) is 0 Å². The minimum atomic E-state index is 0.518. The van der Waals surface area contributed by atoms with Gasteiger partial charge in [-0.3, -0.25) is 0 Å². The molecule has 2 N–H and O–H groups in total. The third kappa shape index (κ3) is 3.95. The minimum Gasteiger partial charge on any atom is -0.383 e. The van der Waals surface area contributed by atoms with E-state index in [1.165, 1.54) is 0 Å². The van der Waals surface area contributed by atoms with Gasteiger partial charge >= 0.3 is 0 Å². The van der Waals surface area contributed by atoms with Crippen molar-refractivity contribution < 1.29 is 0 Å². The lowest BCUT2D eigenvalue weighted by Crippen LogP contribution is -2.14. The Kier molecular flexibility index (Phi) is 4.65. The predicted molar refractivity (Wildman–Crippen MR) is 98.6 cm³/mol. The fourth-order valence-electron chi connectivity index (χ4n) is 2.33. The molecule has 0 aliphatic carbocycles. The maximum Gasteiger partial charge on any atom is 0.131 e. The van der Waals surface area contributed by atoms with Crippen LogP contribution < -0.4 is 5.73 Å². The van der Waals surface area contributed by atoms with Gasteiger partial charge in [-0.25, -0.2) is 4.99 Å². The van der Waals surface area contributed by atoms with Gasteiger partial charge in [-0.1, -0.05) is 84.9 Å². The summed E-state index contributed by atoms with van der Waals surface area (Å²) in [7, 11) is 0. The molecule has 0 aliphatic rings. The third-order valence-electron chi connectivity index (χ3n) is 3.50. The first-order valence-corrected chi connectivity index (χ1v) is 7.55. The van der Waals surface area contributed by atoms with E-state index in [-0.39, 0.29) is 0 Å². The second-order valence-electron chi connectivity index (χ2n) is 5.16. The van der Waals surface area contributed by atoms with E-state index in [0.29, 0.717) is 5.84 Å². The predicted octanol–water partition coefficient (Wildman–Crippen LogP) is 4.89. The van der Waals surface area contributed by atoms with Gasteiger partial charge in [0, 0.05) is 5.56 Å². The van der Waals surface area contributed by atoms with Gasteiger partial charge in [0.25, 0.3) is 0 Å². The second kappa shape index (κ2) is 7.23. The van der Waals surface area contributed by atoms with Crippen molar-refractivity contribution in [3.63, 3.8) is 0 Å². The topological polar surface area (TPSA) is 38.4 Å². The first-order chi connectivity index (χ1) is 11.3. The van der Waals surface area contributed by atoms with E-state index in [2.05, 4.69) is 29.3 Å². The molecule has 0 heterocycles. The second-order valence-corrected chi connectivity index (χ2v) is 5.16. The average molecular weight is 298 g/mol. The van der Waals surface area contributed by atoms with Crippen molar-refractivity contribution >= 4 is 23.7 Å². The molecule has 3 rings (SSSR count). The smallest absolute Gasteiger partial charge is 0.131 e. The summed E-state index contributed by atoms with van der Waals surface area (Å²) in [6.45, 7) is 0. The van der Waals surface area contributed by atoms with E-state index in [1.807, 2.05) is 72.8 Å². The molecule has 3 aromatic carbocycles. The van der Waals surface area contributed by atoms with Crippen LogP contribution in [0.15, 0.2) is 89.9 Å². The van der Waals surface area contributed by atoms with Crippen molar-refractivity contribution in [2.75, 3.05) is 0 Å². The lowest BCUT2D eigenvalue weighted by molar-refractivity contribution is 1.44. The highest BCUT2D eigenvalue weighted by Gasteiger charge is 2.03. The Morgan fingerprint density at radius 1 is 0.696 bits per heavy atom. The summed E-state index contributed by atoms with van der Waals surface area (Å²) in [5.41, 5.74) is 10.2. The lowest BCUT2D eigenvalue weighted by atomic mass is 10.0. The number of rotatable bonds is 4. The molecule has 0 aliphatic heterocycles. The highest BCUT2D eigenvalue weighted by Crippen LogP contribution is 2.16. The summed E-state index contributed by atoms with van der Waals surface area (Å²) in [6.07, 6.45) is 4.15. The molecular formula is C21H18N2. The maximum absolute atomic E-state index is 6.21. The summed E-state index contributed by atoms with van der Waals surface area (Å²) in [5, 5.41) is 0. The van der Waals surface area contributed by atoms with Gasteiger partial charge in [0.05, 0.1) is 5.69 Å². The molecule has 112 valence electrons. The molecule has 0 radical (unpaired) electrons. The zero-order chi connectivity index (χ0) is 15.9. The van der Waals surface area contributed by atoms with Crippen LogP contribution in [-0.2, 0) is 0 Å². The SMILES string of the molecule is NC(=Nc1ccccc1)c1ccccc1/C=C/c1ccccc1. The normalized spacial score (nSPS) is 11.7. The Morgan fingerprint density at radius 2 is 1.30 bits per heavy atom. The molecule has 0 aromatic heterocycles. The van der Waals surface area contributed by atoms with E-state index in [0.717, 1.165) is 22.4 Å². The van der Waals surface area contributed by atoms with E-state index in [4.69, 9.17) is 5.73 Å². The Balaban J connectivity index is 1.92. The maximum atomic E-state index is 6.21. The van der Waals surface area contributed by atoms with Crippen LogP contribution >= 0.6 is 0 Å². The van der Waals surface area contributed by atoms with Crippen molar-refractivity contribution in [2.24, 2.45) is 10.7 Å². The van der Waals surface area contributed by atoms with Gasteiger partial charge < -0.3 is 5.73 Å². The van der Waals surface area contributed by atoms with Crippen LogP contribution in [0.2, 0.25) is 0 Å². The van der Waals surface area contributed by atoms with Crippen LogP contribution in [0.5, 0.6) is 0 Å². The first-order valence-electron chi connectivity index (χ1n) is 7.55. The van der Waals surface area contributed by atoms with Crippen molar-refractivity contribution in [3.8, 4) is 0 Å². The van der Waals surface area contributed by atoms with Crippen molar-refractivity contribution in [2.45, 2.75) is 0 Å². The summed E-state index contributed by atoms with van der Waals surface area (Å²) in [6, 6.07) is 28.0. The monoisotopic (exact) mass is 298 g/mol. The number of hydrogen-bond acceptors (Lipinski definition) is 1. The number of para-hydroxylation sites is 1. The molecule has 3 aromatic rings. The summed E-state index contributed by atoms with van der Waals surface area (Å²) in [5.74, 6) is 0.518. The molecule has 0 unspecified atom stereocenters. The molecule has 2 nitrogen and oxygen atoms in total. The Morgan fingerprint density at radius 3 is 2.04 bits per heavy atom. The Hall–Kier alpha value is -3.13. The average Bonchev–Trinajstić information content (AvgIpc) is 2.62. The van der Waals surface area contributed by atoms with Crippen LogP contribution in [0, 0.1) is 0 Å². The summed E-state index contributed by atoms with van der Waals surface area (Å²) in [4.78, 5) is 4.51. The Bertz CT molecular complexity index is 819. The van der Waals surface area contributed by atoms with Gasteiger partial charge in [-0.15, -0.1) is 0 Å². The zero-order valence-electron chi connectivity index (χ0n) is 12.8. The van der Waals surface area contributed by atoms with Crippen LogP contribution in [0.1, 0.15) is 16.7 Å². The van der Waals surface area contributed by atoms with Crippen LogP contribution in [0.25, 0.3) is 12.2 Å². The fourth-order valence-corrected chi connectivity index (χ4v) is 2.33. The molecule has 23 heavy (non-hydrogen) atoms. The van der Waals surface area contributed by atoms with Crippen LogP contribution in [0.3, 0.4) is 0 Å². The zero-order valence-corrected chi connectivity index (χ0v) is 12.8. The minimum absolute atomic E-state index is 0.518. The third-order valence-corrected chi connectivity index (χ3v) is 3.50. The number of aliphatic imine (C=N–C) groups is 1. The van der Waals surface area contributed by atoms with Gasteiger partial charge in [0.2, 0.25) is 0 Å². The molecule has 0 bridgehead atoms. The van der Waals surface area contributed by atoms with E-state index in [9.17, 15) is 0 Å². The molecule has 0 atom stereocenters. The molecule has 0 saturated heterocycles. The van der Waals surface area contributed by atoms with Gasteiger partial charge in [-0.05, 0) is 23.3 Å². The van der Waals surface area contributed by atoms with Crippen molar-refractivity contribution in [3.05, 3.63) is 102 Å². The van der Waals surface area contributed by atoms with Gasteiger partial charge in [0.15, 0.2) is 0 Å². The van der Waals surface area contributed by atoms with Gasteiger partial charge in [-0.2, -0.15) is 0 Å². The standard InChI is InChI=1S/C21H18N2/c22-21(23-19-12-5-2-6-13-19)20-14-8-7-11-18(20)16-15-17-9-3-1-4-10-17/h1-16H,(H2,22,23)/b16-15+. The summed E-state index contributed by atoms with van der Waals surface area (Å²) < 4.78 is 0. The highest BCUT2D eigenvalue weighted by atomic mass is 14.9. The van der Waals surface area contributed by atoms with Crippen molar-refractivity contribution in [1.82, 2.24) is 0 Å². The molecule has 0 fully saturated rings. The van der Waals surface area contributed by atoms with Gasteiger partial charge in [0.1, 0.15) is 5.84 Å².